The van der Waals surface area contributed by atoms with Crippen LogP contribution >= 0.6 is 15.9 Å². The summed E-state index contributed by atoms with van der Waals surface area (Å²) < 4.78 is 11.2. The van der Waals surface area contributed by atoms with Crippen molar-refractivity contribution in [2.45, 2.75) is 13.8 Å². The number of benzene rings is 2. The van der Waals surface area contributed by atoms with Crippen molar-refractivity contribution in [2.75, 3.05) is 18.5 Å². The monoisotopic (exact) mass is 391 g/mol. The minimum absolute atomic E-state index is 0.295. The van der Waals surface area contributed by atoms with E-state index in [1.807, 2.05) is 26.0 Å². The van der Waals surface area contributed by atoms with Crippen molar-refractivity contribution >= 4 is 33.5 Å². The van der Waals surface area contributed by atoms with Crippen molar-refractivity contribution in [3.8, 4) is 5.75 Å². The first-order valence-electron chi connectivity index (χ1n) is 7.46. The summed E-state index contributed by atoms with van der Waals surface area (Å²) in [5.74, 6) is -0.578. The molecular formula is C18H18BrNO4. The van der Waals surface area contributed by atoms with E-state index in [4.69, 9.17) is 9.47 Å². The SMILES string of the molecule is CCOc1ccccc1C(=O)OCC(=O)Nc1ccc(C)cc1Br. The van der Waals surface area contributed by atoms with Gasteiger partial charge in [-0.1, -0.05) is 18.2 Å². The van der Waals surface area contributed by atoms with Crippen LogP contribution in [-0.2, 0) is 9.53 Å². The van der Waals surface area contributed by atoms with Gasteiger partial charge in [-0.25, -0.2) is 4.79 Å². The molecule has 0 aromatic heterocycles. The second-order valence-electron chi connectivity index (χ2n) is 5.04. The number of amides is 1. The molecule has 2 aromatic rings. The van der Waals surface area contributed by atoms with E-state index in [-0.39, 0.29) is 6.61 Å². The summed E-state index contributed by atoms with van der Waals surface area (Å²) >= 11 is 3.38. The van der Waals surface area contributed by atoms with Gasteiger partial charge in [-0.2, -0.15) is 0 Å². The number of anilines is 1. The molecule has 0 radical (unpaired) electrons. The Hall–Kier alpha value is -2.34. The second kappa shape index (κ2) is 8.49. The molecule has 0 atom stereocenters. The highest BCUT2D eigenvalue weighted by Gasteiger charge is 2.15. The number of rotatable bonds is 6. The number of halogens is 1. The fourth-order valence-electron chi connectivity index (χ4n) is 2.03. The lowest BCUT2D eigenvalue weighted by molar-refractivity contribution is -0.119. The van der Waals surface area contributed by atoms with Gasteiger partial charge in [0, 0.05) is 4.47 Å². The predicted octanol–water partition coefficient (Wildman–Crippen LogP) is 3.95. The Morgan fingerprint density at radius 1 is 1.17 bits per heavy atom. The molecule has 0 spiro atoms. The molecule has 0 saturated heterocycles. The Bertz CT molecular complexity index is 746. The zero-order valence-electron chi connectivity index (χ0n) is 13.5. The van der Waals surface area contributed by atoms with Crippen molar-refractivity contribution in [3.63, 3.8) is 0 Å². The first kappa shape index (κ1) is 18.0. The van der Waals surface area contributed by atoms with Crippen LogP contribution in [0, 0.1) is 6.92 Å². The number of ether oxygens (including phenoxy) is 2. The summed E-state index contributed by atoms with van der Waals surface area (Å²) in [6, 6.07) is 12.3. The Labute approximate surface area is 149 Å². The molecule has 0 aliphatic carbocycles. The molecule has 6 heteroatoms. The van der Waals surface area contributed by atoms with Crippen LogP contribution in [0.2, 0.25) is 0 Å². The van der Waals surface area contributed by atoms with Crippen LogP contribution in [0.5, 0.6) is 5.75 Å². The molecule has 126 valence electrons. The van der Waals surface area contributed by atoms with Gasteiger partial charge in [0.05, 0.1) is 12.3 Å². The normalized spacial score (nSPS) is 10.1. The largest absolute Gasteiger partial charge is 0.493 e. The molecule has 2 rings (SSSR count). The van der Waals surface area contributed by atoms with Crippen LogP contribution in [0.4, 0.5) is 5.69 Å². The molecule has 0 saturated carbocycles. The Balaban J connectivity index is 1.95. The van der Waals surface area contributed by atoms with E-state index < -0.39 is 11.9 Å². The lowest BCUT2D eigenvalue weighted by Gasteiger charge is -2.11. The maximum absolute atomic E-state index is 12.1. The van der Waals surface area contributed by atoms with Crippen LogP contribution < -0.4 is 10.1 Å². The molecule has 2 aromatic carbocycles. The summed E-state index contributed by atoms with van der Waals surface area (Å²) in [7, 11) is 0. The maximum Gasteiger partial charge on any atom is 0.342 e. The van der Waals surface area contributed by atoms with Crippen LogP contribution in [0.3, 0.4) is 0 Å². The molecule has 0 bridgehead atoms. The van der Waals surface area contributed by atoms with E-state index in [0.29, 0.717) is 23.6 Å². The first-order valence-corrected chi connectivity index (χ1v) is 8.25. The van der Waals surface area contributed by atoms with Gasteiger partial charge >= 0.3 is 5.97 Å². The van der Waals surface area contributed by atoms with Crippen LogP contribution in [0.1, 0.15) is 22.8 Å². The molecule has 5 nitrogen and oxygen atoms in total. The van der Waals surface area contributed by atoms with Gasteiger partial charge in [-0.05, 0) is 59.6 Å². The summed E-state index contributed by atoms with van der Waals surface area (Å²) in [6.45, 7) is 3.84. The molecular weight excluding hydrogens is 374 g/mol. The molecule has 24 heavy (non-hydrogen) atoms. The minimum atomic E-state index is -0.600. The molecule has 0 fully saturated rings. The van der Waals surface area contributed by atoms with Crippen LogP contribution in [-0.4, -0.2) is 25.1 Å². The number of nitrogens with one attached hydrogen (secondary N) is 1. The standard InChI is InChI=1S/C18H18BrNO4/c1-3-23-16-7-5-4-6-13(16)18(22)24-11-17(21)20-15-9-8-12(2)10-14(15)19/h4-10H,3,11H2,1-2H3,(H,20,21). The van der Waals surface area contributed by atoms with Gasteiger partial charge in [-0.15, -0.1) is 0 Å². The second-order valence-corrected chi connectivity index (χ2v) is 5.89. The Kier molecular flexibility index (Phi) is 6.37. The van der Waals surface area contributed by atoms with Crippen molar-refractivity contribution in [1.82, 2.24) is 0 Å². The summed E-state index contributed by atoms with van der Waals surface area (Å²) in [6.07, 6.45) is 0. The van der Waals surface area contributed by atoms with E-state index >= 15 is 0 Å². The van der Waals surface area contributed by atoms with E-state index in [2.05, 4.69) is 21.2 Å². The maximum atomic E-state index is 12.1. The van der Waals surface area contributed by atoms with Gasteiger partial charge in [0.25, 0.3) is 5.91 Å². The van der Waals surface area contributed by atoms with Gasteiger partial charge in [0.15, 0.2) is 6.61 Å². The minimum Gasteiger partial charge on any atom is -0.493 e. The number of hydrogen-bond acceptors (Lipinski definition) is 4. The number of carbonyl (C=O) groups excluding carboxylic acids is 2. The highest BCUT2D eigenvalue weighted by atomic mass is 79.9. The van der Waals surface area contributed by atoms with Crippen molar-refractivity contribution in [2.24, 2.45) is 0 Å². The van der Waals surface area contributed by atoms with Crippen molar-refractivity contribution < 1.29 is 19.1 Å². The number of esters is 1. The third kappa shape index (κ3) is 4.83. The van der Waals surface area contributed by atoms with Crippen molar-refractivity contribution in [1.29, 1.82) is 0 Å². The van der Waals surface area contributed by atoms with Gasteiger partial charge in [0.1, 0.15) is 11.3 Å². The first-order chi connectivity index (χ1) is 11.5. The highest BCUT2D eigenvalue weighted by Crippen LogP contribution is 2.23. The molecule has 0 heterocycles. The molecule has 0 aliphatic rings. The lowest BCUT2D eigenvalue weighted by atomic mass is 10.2. The summed E-state index contributed by atoms with van der Waals surface area (Å²) in [5, 5.41) is 2.69. The third-order valence-corrected chi connectivity index (χ3v) is 3.80. The average Bonchev–Trinajstić information content (AvgIpc) is 2.56. The van der Waals surface area contributed by atoms with Gasteiger partial charge in [-0.3, -0.25) is 4.79 Å². The lowest BCUT2D eigenvalue weighted by Crippen LogP contribution is -2.21. The summed E-state index contributed by atoms with van der Waals surface area (Å²) in [5.41, 5.74) is 1.99. The molecule has 1 amide bonds. The number of carbonyl (C=O) groups is 2. The Morgan fingerprint density at radius 2 is 1.92 bits per heavy atom. The number of hydrogen-bond donors (Lipinski definition) is 1. The van der Waals surface area contributed by atoms with Crippen LogP contribution in [0.25, 0.3) is 0 Å². The van der Waals surface area contributed by atoms with Crippen molar-refractivity contribution in [3.05, 3.63) is 58.1 Å². The third-order valence-electron chi connectivity index (χ3n) is 3.14. The zero-order chi connectivity index (χ0) is 17.5. The fraction of sp³-hybridized carbons (Fsp3) is 0.222. The summed E-state index contributed by atoms with van der Waals surface area (Å²) in [4.78, 5) is 24.1. The van der Waals surface area contributed by atoms with E-state index in [1.165, 1.54) is 0 Å². The van der Waals surface area contributed by atoms with Crippen LogP contribution in [0.15, 0.2) is 46.9 Å². The molecule has 1 N–H and O–H groups in total. The average molecular weight is 392 g/mol. The highest BCUT2D eigenvalue weighted by molar-refractivity contribution is 9.10. The van der Waals surface area contributed by atoms with Gasteiger partial charge < -0.3 is 14.8 Å². The van der Waals surface area contributed by atoms with Gasteiger partial charge in [0.2, 0.25) is 0 Å². The predicted molar refractivity (Wildman–Crippen MR) is 95.4 cm³/mol. The fourth-order valence-corrected chi connectivity index (χ4v) is 2.63. The molecule has 0 aliphatic heterocycles. The molecule has 0 unspecified atom stereocenters. The number of para-hydroxylation sites is 1. The van der Waals surface area contributed by atoms with E-state index in [9.17, 15) is 9.59 Å². The smallest absolute Gasteiger partial charge is 0.342 e. The number of aryl methyl sites for hydroxylation is 1. The quantitative estimate of drug-likeness (QED) is 0.757. The Morgan fingerprint density at radius 3 is 2.62 bits per heavy atom. The van der Waals surface area contributed by atoms with E-state index in [0.717, 1.165) is 10.0 Å². The van der Waals surface area contributed by atoms with E-state index in [1.54, 1.807) is 30.3 Å². The zero-order valence-corrected chi connectivity index (χ0v) is 15.1. The topological polar surface area (TPSA) is 64.6 Å².